The average Bonchev–Trinajstić information content (AvgIpc) is 3.47. The topological polar surface area (TPSA) is 128 Å². The van der Waals surface area contributed by atoms with Gasteiger partial charge in [0, 0.05) is 24.4 Å². The van der Waals surface area contributed by atoms with Gasteiger partial charge in [0.15, 0.2) is 0 Å². The Kier molecular flexibility index (Phi) is 7.48. The van der Waals surface area contributed by atoms with E-state index in [1.165, 1.54) is 14.0 Å². The molecule has 38 heavy (non-hydrogen) atoms. The van der Waals surface area contributed by atoms with Crippen LogP contribution >= 0.6 is 11.8 Å². The van der Waals surface area contributed by atoms with E-state index in [2.05, 4.69) is 10.6 Å². The molecule has 3 aliphatic heterocycles. The van der Waals surface area contributed by atoms with Crippen LogP contribution in [0.2, 0.25) is 0 Å². The first-order valence-electron chi connectivity index (χ1n) is 13.4. The van der Waals surface area contributed by atoms with E-state index in [0.717, 1.165) is 48.3 Å². The highest BCUT2D eigenvalue weighted by Crippen LogP contribution is 2.55. The molecule has 4 amide bonds. The van der Waals surface area contributed by atoms with Crippen LogP contribution < -0.4 is 15.4 Å². The van der Waals surface area contributed by atoms with Gasteiger partial charge < -0.3 is 25.4 Å². The lowest BCUT2D eigenvalue weighted by Gasteiger charge is -2.37. The number of thioether (sulfide) groups is 1. The molecule has 3 fully saturated rings. The van der Waals surface area contributed by atoms with Gasteiger partial charge in [-0.25, -0.2) is 4.79 Å². The summed E-state index contributed by atoms with van der Waals surface area (Å²) in [4.78, 5) is 54.9. The van der Waals surface area contributed by atoms with Gasteiger partial charge >= 0.3 is 6.09 Å². The van der Waals surface area contributed by atoms with Gasteiger partial charge in [-0.3, -0.25) is 19.3 Å². The number of likely N-dealkylation sites (N-methyl/N-ethyl adjacent to an activating group) is 1. The van der Waals surface area contributed by atoms with Gasteiger partial charge in [-0.05, 0) is 44.4 Å². The van der Waals surface area contributed by atoms with Gasteiger partial charge in [0.2, 0.25) is 17.7 Å². The molecule has 0 radical (unpaired) electrons. The summed E-state index contributed by atoms with van der Waals surface area (Å²) >= 11 is 1.67. The van der Waals surface area contributed by atoms with Crippen LogP contribution in [0.15, 0.2) is 24.3 Å². The highest BCUT2D eigenvalue weighted by atomic mass is 32.2. The van der Waals surface area contributed by atoms with Crippen molar-refractivity contribution in [2.24, 2.45) is 5.41 Å². The molecule has 5 atom stereocenters. The number of nitrogens with one attached hydrogen (secondary N) is 2. The molecular formula is C27H36N4O6S. The Morgan fingerprint density at radius 1 is 1.16 bits per heavy atom. The lowest BCUT2D eigenvalue weighted by Crippen LogP contribution is -2.58. The summed E-state index contributed by atoms with van der Waals surface area (Å²) in [6, 6.07) is 5.17. The smallest absolute Gasteiger partial charge is 0.407 e. The van der Waals surface area contributed by atoms with Gasteiger partial charge in [-0.2, -0.15) is 0 Å². The van der Waals surface area contributed by atoms with Crippen molar-refractivity contribution in [2.75, 3.05) is 19.4 Å². The number of fused-ring (bicyclic) bond motifs is 2. The number of carbonyl (C=O) groups is 4. The molecule has 1 saturated carbocycles. The van der Waals surface area contributed by atoms with E-state index >= 15 is 0 Å². The molecule has 3 heterocycles. The van der Waals surface area contributed by atoms with Crippen molar-refractivity contribution in [3.63, 3.8) is 0 Å². The Hall–Kier alpha value is -2.95. The van der Waals surface area contributed by atoms with Crippen molar-refractivity contribution in [3.8, 4) is 5.75 Å². The quantitative estimate of drug-likeness (QED) is 0.520. The molecule has 1 spiro atoms. The van der Waals surface area contributed by atoms with E-state index < -0.39 is 30.1 Å². The van der Waals surface area contributed by atoms with Crippen LogP contribution in [0.25, 0.3) is 0 Å². The van der Waals surface area contributed by atoms with Crippen molar-refractivity contribution in [3.05, 3.63) is 29.8 Å². The lowest BCUT2D eigenvalue weighted by atomic mass is 9.78. The number of carbonyl (C=O) groups excluding carboxylic acids is 3. The Balaban J connectivity index is 1.39. The maximum Gasteiger partial charge on any atom is 0.407 e. The molecule has 5 rings (SSSR count). The number of carboxylic acid groups (broad SMARTS) is 1. The summed E-state index contributed by atoms with van der Waals surface area (Å²) in [5.41, 5.74) is 0.672. The summed E-state index contributed by atoms with van der Waals surface area (Å²) in [5.74, 6) is 0.518. The molecule has 1 aliphatic carbocycles. The van der Waals surface area contributed by atoms with Gasteiger partial charge in [0.25, 0.3) is 0 Å². The highest BCUT2D eigenvalue weighted by Gasteiger charge is 2.59. The second-order valence-electron chi connectivity index (χ2n) is 10.9. The van der Waals surface area contributed by atoms with Crippen molar-refractivity contribution < 1.29 is 29.0 Å². The summed E-state index contributed by atoms with van der Waals surface area (Å²) in [6.45, 7) is 2.00. The monoisotopic (exact) mass is 544 g/mol. The fourth-order valence-electron chi connectivity index (χ4n) is 6.52. The Bertz CT molecular complexity index is 1110. The molecule has 3 N–H and O–H groups in total. The molecule has 0 bridgehead atoms. The van der Waals surface area contributed by atoms with E-state index in [1.807, 2.05) is 24.3 Å². The lowest BCUT2D eigenvalue weighted by molar-refractivity contribution is -0.144. The van der Waals surface area contributed by atoms with Gasteiger partial charge in [-0.1, -0.05) is 31.0 Å². The summed E-state index contributed by atoms with van der Waals surface area (Å²) in [5, 5.41) is 15.2. The predicted octanol–water partition coefficient (Wildman–Crippen LogP) is 2.73. The third kappa shape index (κ3) is 4.81. The zero-order valence-corrected chi connectivity index (χ0v) is 22.7. The molecule has 11 heteroatoms. The minimum Gasteiger partial charge on any atom is -0.493 e. The third-order valence-corrected chi connectivity index (χ3v) is 9.97. The zero-order chi connectivity index (χ0) is 27.0. The normalized spacial score (nSPS) is 28.5. The van der Waals surface area contributed by atoms with E-state index in [9.17, 15) is 24.3 Å². The number of hydrogen-bond acceptors (Lipinski definition) is 6. The summed E-state index contributed by atoms with van der Waals surface area (Å²) < 4.78 is 5.78. The van der Waals surface area contributed by atoms with Crippen molar-refractivity contribution in [1.29, 1.82) is 0 Å². The SMILES string of the molecule is C[C@@H](C(=O)N[C@H]1CCS[C@H]2CC3(CCCC3)[C@@H](C(=O)NC3CCOc4ccccc43)N2C1=O)N(C)C(=O)O. The van der Waals surface area contributed by atoms with Crippen LogP contribution in [0.5, 0.6) is 5.75 Å². The summed E-state index contributed by atoms with van der Waals surface area (Å²) in [6.07, 6.45) is 4.49. The molecule has 1 aromatic carbocycles. The van der Waals surface area contributed by atoms with E-state index in [4.69, 9.17) is 4.74 Å². The first-order valence-corrected chi connectivity index (χ1v) is 14.5. The minimum atomic E-state index is -1.22. The molecule has 2 saturated heterocycles. The Morgan fingerprint density at radius 3 is 2.63 bits per heavy atom. The average molecular weight is 545 g/mol. The van der Waals surface area contributed by atoms with Crippen molar-refractivity contribution >= 4 is 35.6 Å². The number of hydrogen-bond donors (Lipinski definition) is 3. The zero-order valence-electron chi connectivity index (χ0n) is 21.9. The predicted molar refractivity (Wildman–Crippen MR) is 142 cm³/mol. The van der Waals surface area contributed by atoms with Crippen LogP contribution in [-0.4, -0.2) is 81.6 Å². The van der Waals surface area contributed by atoms with Gasteiger partial charge in [-0.15, -0.1) is 11.8 Å². The van der Waals surface area contributed by atoms with E-state index in [0.29, 0.717) is 25.2 Å². The number of benzene rings is 1. The standard InChI is InChI=1S/C27H36N4O6S/c1-16(30(2)26(35)36)23(32)29-19-10-14-38-21-15-27(11-5-6-12-27)22(31(21)25(19)34)24(33)28-18-9-13-37-20-8-4-3-7-17(18)20/h3-4,7-8,16,18-19,21-22H,5-6,9-15H2,1-2H3,(H,28,33)(H,29,32)(H,35,36)/t16-,18?,19-,21-,22+/m0/s1. The molecule has 0 aromatic heterocycles. The summed E-state index contributed by atoms with van der Waals surface area (Å²) in [7, 11) is 1.33. The number of ether oxygens (including phenoxy) is 1. The van der Waals surface area contributed by atoms with Crippen LogP contribution in [0.1, 0.15) is 63.5 Å². The van der Waals surface area contributed by atoms with Crippen LogP contribution in [0, 0.1) is 5.41 Å². The molecular weight excluding hydrogens is 508 g/mol. The van der Waals surface area contributed by atoms with E-state index in [-0.39, 0.29) is 28.6 Å². The van der Waals surface area contributed by atoms with Crippen LogP contribution in [0.4, 0.5) is 4.79 Å². The maximum atomic E-state index is 14.1. The Morgan fingerprint density at radius 2 is 1.89 bits per heavy atom. The molecule has 1 unspecified atom stereocenters. The van der Waals surface area contributed by atoms with E-state index in [1.54, 1.807) is 16.7 Å². The number of rotatable bonds is 5. The van der Waals surface area contributed by atoms with Crippen LogP contribution in [0.3, 0.4) is 0 Å². The molecule has 1 aromatic rings. The van der Waals surface area contributed by atoms with Crippen molar-refractivity contribution in [2.45, 2.75) is 81.4 Å². The second kappa shape index (κ2) is 10.7. The van der Waals surface area contributed by atoms with Gasteiger partial charge in [0.05, 0.1) is 18.0 Å². The first-order chi connectivity index (χ1) is 18.2. The molecule has 10 nitrogen and oxygen atoms in total. The number of para-hydroxylation sites is 1. The molecule has 4 aliphatic rings. The Labute approximate surface area is 226 Å². The second-order valence-corrected chi connectivity index (χ2v) is 12.2. The highest BCUT2D eigenvalue weighted by molar-refractivity contribution is 7.99. The fraction of sp³-hybridized carbons (Fsp3) is 0.630. The van der Waals surface area contributed by atoms with Crippen molar-refractivity contribution in [1.82, 2.24) is 20.4 Å². The minimum absolute atomic E-state index is 0.126. The third-order valence-electron chi connectivity index (χ3n) is 8.72. The number of nitrogens with zero attached hydrogens (tertiary/aromatic N) is 2. The maximum absolute atomic E-state index is 14.1. The first kappa shape index (κ1) is 26.6. The van der Waals surface area contributed by atoms with Gasteiger partial charge in [0.1, 0.15) is 23.9 Å². The largest absolute Gasteiger partial charge is 0.493 e. The van der Waals surface area contributed by atoms with Crippen LogP contribution in [-0.2, 0) is 14.4 Å². The number of amides is 4. The fourth-order valence-corrected chi connectivity index (χ4v) is 8.00. The molecule has 206 valence electrons.